The highest BCUT2D eigenvalue weighted by molar-refractivity contribution is 7.18. The number of thiazole rings is 1. The lowest BCUT2D eigenvalue weighted by Gasteiger charge is -2.27. The van der Waals surface area contributed by atoms with Crippen molar-refractivity contribution >= 4 is 56.6 Å². The zero-order valence-electron chi connectivity index (χ0n) is 16.6. The van der Waals surface area contributed by atoms with Gasteiger partial charge < -0.3 is 24.4 Å². The number of aliphatic carboxylic acids is 1. The SMILES string of the molecule is CN1/C(=C/c2sc3ccc(N4CCCC4C(=O)[O-])cc3[n+]2C)Oc2ccc(Cl)cc21. The highest BCUT2D eigenvalue weighted by Crippen LogP contribution is 2.40. The van der Waals surface area contributed by atoms with Gasteiger partial charge in [-0.2, -0.15) is 4.57 Å². The van der Waals surface area contributed by atoms with Crippen LogP contribution in [0.5, 0.6) is 5.75 Å². The quantitative estimate of drug-likeness (QED) is 0.585. The van der Waals surface area contributed by atoms with Gasteiger partial charge in [0.05, 0.1) is 23.8 Å². The number of nitrogens with zero attached hydrogens (tertiary/aromatic N) is 3. The summed E-state index contributed by atoms with van der Waals surface area (Å²) in [5.74, 6) is 0.501. The van der Waals surface area contributed by atoms with Crippen molar-refractivity contribution in [2.45, 2.75) is 18.9 Å². The number of carbonyl (C=O) groups is 1. The average Bonchev–Trinajstić information content (AvgIpc) is 3.41. The van der Waals surface area contributed by atoms with Gasteiger partial charge in [0.25, 0.3) is 5.01 Å². The molecule has 8 heteroatoms. The van der Waals surface area contributed by atoms with Gasteiger partial charge in [-0.15, -0.1) is 0 Å². The summed E-state index contributed by atoms with van der Waals surface area (Å²) >= 11 is 7.78. The van der Waals surface area contributed by atoms with Crippen molar-refractivity contribution in [3.63, 3.8) is 0 Å². The van der Waals surface area contributed by atoms with Crippen LogP contribution in [0.4, 0.5) is 11.4 Å². The summed E-state index contributed by atoms with van der Waals surface area (Å²) in [5, 5.41) is 13.2. The first-order chi connectivity index (χ1) is 14.4. The fraction of sp³-hybridized carbons (Fsp3) is 0.273. The van der Waals surface area contributed by atoms with Gasteiger partial charge in [-0.25, -0.2) is 0 Å². The third-order valence-electron chi connectivity index (χ3n) is 5.78. The third kappa shape index (κ3) is 3.09. The second kappa shape index (κ2) is 7.18. The van der Waals surface area contributed by atoms with Gasteiger partial charge in [0, 0.05) is 30.4 Å². The lowest BCUT2D eigenvalue weighted by atomic mass is 10.2. The van der Waals surface area contributed by atoms with Crippen LogP contribution in [0.25, 0.3) is 16.3 Å². The van der Waals surface area contributed by atoms with E-state index in [0.29, 0.717) is 11.4 Å². The fourth-order valence-electron chi connectivity index (χ4n) is 4.15. The maximum absolute atomic E-state index is 11.5. The number of carboxylic acid groups (broad SMARTS) is 1. The summed E-state index contributed by atoms with van der Waals surface area (Å²) in [4.78, 5) is 15.4. The number of aromatic nitrogens is 1. The number of hydrogen-bond acceptors (Lipinski definition) is 6. The minimum atomic E-state index is -1.01. The van der Waals surface area contributed by atoms with Crippen molar-refractivity contribution < 1.29 is 19.2 Å². The molecule has 0 spiro atoms. The van der Waals surface area contributed by atoms with Gasteiger partial charge in [-0.05, 0) is 43.2 Å². The number of halogens is 1. The number of rotatable bonds is 3. The maximum Gasteiger partial charge on any atom is 0.267 e. The Hall–Kier alpha value is -2.77. The molecule has 3 aromatic rings. The summed E-state index contributed by atoms with van der Waals surface area (Å²) in [7, 11) is 3.96. The molecule has 1 unspecified atom stereocenters. The summed E-state index contributed by atoms with van der Waals surface area (Å²) in [6.45, 7) is 0.731. The summed E-state index contributed by atoms with van der Waals surface area (Å²) in [5.41, 5.74) is 2.90. The van der Waals surface area contributed by atoms with Gasteiger partial charge in [-0.1, -0.05) is 22.9 Å². The van der Waals surface area contributed by atoms with Crippen molar-refractivity contribution in [2.24, 2.45) is 7.05 Å². The molecule has 154 valence electrons. The molecule has 0 saturated carbocycles. The molecule has 30 heavy (non-hydrogen) atoms. The number of hydrogen-bond donors (Lipinski definition) is 0. The topological polar surface area (TPSA) is 59.7 Å². The van der Waals surface area contributed by atoms with Gasteiger partial charge in [0.1, 0.15) is 11.7 Å². The van der Waals surface area contributed by atoms with Crippen molar-refractivity contribution in [2.75, 3.05) is 23.4 Å². The Balaban J connectivity index is 1.50. The highest BCUT2D eigenvalue weighted by Gasteiger charge is 2.28. The Morgan fingerprint density at radius 3 is 2.97 bits per heavy atom. The summed E-state index contributed by atoms with van der Waals surface area (Å²) < 4.78 is 9.24. The second-order valence-corrected chi connectivity index (χ2v) is 9.08. The van der Waals surface area contributed by atoms with E-state index >= 15 is 0 Å². The zero-order valence-corrected chi connectivity index (χ0v) is 18.2. The third-order valence-corrected chi connectivity index (χ3v) is 7.18. The van der Waals surface area contributed by atoms with Gasteiger partial charge in [0.2, 0.25) is 11.4 Å². The van der Waals surface area contributed by atoms with Crippen LogP contribution < -0.4 is 24.2 Å². The largest absolute Gasteiger partial charge is 0.548 e. The molecule has 1 saturated heterocycles. The first kappa shape index (κ1) is 19.2. The number of fused-ring (bicyclic) bond motifs is 2. The van der Waals surface area contributed by atoms with Crippen LogP contribution in [0.2, 0.25) is 5.02 Å². The van der Waals surface area contributed by atoms with Crippen LogP contribution in [0.1, 0.15) is 17.8 Å². The minimum absolute atomic E-state index is 0.557. The number of carboxylic acids is 1. The monoisotopic (exact) mass is 441 g/mol. The molecule has 0 radical (unpaired) electrons. The fourth-order valence-corrected chi connectivity index (χ4v) is 5.37. The van der Waals surface area contributed by atoms with Crippen LogP contribution in [-0.4, -0.2) is 25.6 Å². The lowest BCUT2D eigenvalue weighted by molar-refractivity contribution is -0.642. The molecular formula is C22H20ClN3O3S. The van der Waals surface area contributed by atoms with E-state index in [9.17, 15) is 9.90 Å². The van der Waals surface area contributed by atoms with Crippen LogP contribution in [0.15, 0.2) is 42.3 Å². The highest BCUT2D eigenvalue weighted by atomic mass is 35.5. The normalized spacial score (nSPS) is 19.6. The van der Waals surface area contributed by atoms with E-state index in [1.54, 1.807) is 11.3 Å². The van der Waals surface area contributed by atoms with Crippen LogP contribution >= 0.6 is 22.9 Å². The Bertz CT molecular complexity index is 1210. The second-order valence-electron chi connectivity index (χ2n) is 7.58. The molecule has 0 bridgehead atoms. The van der Waals surface area contributed by atoms with Crippen molar-refractivity contribution in [3.05, 3.63) is 52.3 Å². The summed E-state index contributed by atoms with van der Waals surface area (Å²) in [6.07, 6.45) is 3.50. The van der Waals surface area contributed by atoms with Gasteiger partial charge in [0.15, 0.2) is 5.75 Å². The molecule has 2 aliphatic rings. The van der Waals surface area contributed by atoms with Crippen molar-refractivity contribution in [3.8, 4) is 5.75 Å². The smallest absolute Gasteiger partial charge is 0.267 e. The maximum atomic E-state index is 11.5. The Kier molecular flexibility index (Phi) is 4.60. The van der Waals surface area contributed by atoms with E-state index in [0.717, 1.165) is 51.2 Å². The number of ether oxygens (including phenoxy) is 1. The average molecular weight is 442 g/mol. The predicted octanol–water partition coefficient (Wildman–Crippen LogP) is 2.93. The first-order valence-corrected chi connectivity index (χ1v) is 10.9. The summed E-state index contributed by atoms with van der Waals surface area (Å²) in [6, 6.07) is 11.1. The number of anilines is 2. The van der Waals surface area contributed by atoms with E-state index < -0.39 is 12.0 Å². The first-order valence-electron chi connectivity index (χ1n) is 9.75. The number of aryl methyl sites for hydroxylation is 1. The lowest BCUT2D eigenvalue weighted by Crippen LogP contribution is -2.44. The molecule has 0 N–H and O–H groups in total. The van der Waals surface area contributed by atoms with Crippen molar-refractivity contribution in [1.82, 2.24) is 0 Å². The molecule has 2 aromatic carbocycles. The van der Waals surface area contributed by atoms with Crippen molar-refractivity contribution in [1.29, 1.82) is 0 Å². The molecule has 0 amide bonds. The van der Waals surface area contributed by atoms with E-state index in [2.05, 4.69) is 16.7 Å². The minimum Gasteiger partial charge on any atom is -0.548 e. The molecule has 1 aromatic heterocycles. The van der Waals surface area contributed by atoms with E-state index in [4.69, 9.17) is 16.3 Å². The Morgan fingerprint density at radius 1 is 1.33 bits per heavy atom. The number of benzene rings is 2. The zero-order chi connectivity index (χ0) is 21.0. The molecule has 0 aliphatic carbocycles. The Morgan fingerprint density at radius 2 is 2.17 bits per heavy atom. The molecule has 6 nitrogen and oxygen atoms in total. The van der Waals surface area contributed by atoms with Gasteiger partial charge in [-0.3, -0.25) is 0 Å². The Labute approximate surface area is 183 Å². The van der Waals surface area contributed by atoms with Gasteiger partial charge >= 0.3 is 0 Å². The number of carbonyl (C=O) groups excluding carboxylic acids is 1. The molecule has 2 aliphatic heterocycles. The van der Waals surface area contributed by atoms with E-state index in [1.165, 1.54) is 0 Å². The van der Waals surface area contributed by atoms with E-state index in [-0.39, 0.29) is 0 Å². The molecular weight excluding hydrogens is 422 g/mol. The standard InChI is InChI=1S/C22H20ClN3O3S/c1-24-16-10-13(23)5-7-18(16)29-20(24)12-21-25(2)17-11-14(6-8-19(17)30-21)26-9-3-4-15(26)22(27)28/h5-8,10-12,15H,3-4,9H2,1-2H3. The van der Waals surface area contributed by atoms with E-state index in [1.807, 2.05) is 54.2 Å². The van der Waals surface area contributed by atoms with Crippen LogP contribution in [-0.2, 0) is 11.8 Å². The molecule has 5 rings (SSSR count). The molecule has 1 fully saturated rings. The van der Waals surface area contributed by atoms with Crippen LogP contribution in [0, 0.1) is 0 Å². The molecule has 3 heterocycles. The molecule has 1 atom stereocenters. The predicted molar refractivity (Wildman–Crippen MR) is 117 cm³/mol. The van der Waals surface area contributed by atoms with Crippen LogP contribution in [0.3, 0.4) is 0 Å².